The summed E-state index contributed by atoms with van der Waals surface area (Å²) in [6.07, 6.45) is 5.40. The first-order chi connectivity index (χ1) is 10.7. The van der Waals surface area contributed by atoms with E-state index in [-0.39, 0.29) is 5.91 Å². The Bertz CT molecular complexity index is 736. The first-order valence-electron chi connectivity index (χ1n) is 7.08. The lowest BCUT2D eigenvalue weighted by molar-refractivity contribution is -0.122. The minimum absolute atomic E-state index is 0.113. The first-order valence-corrected chi connectivity index (χ1v) is 7.49. The fraction of sp³-hybridized carbons (Fsp3) is 0.188. The zero-order valence-corrected chi connectivity index (χ0v) is 13.0. The van der Waals surface area contributed by atoms with Crippen LogP contribution in [0.5, 0.6) is 0 Å². The highest BCUT2D eigenvalue weighted by Gasteiger charge is 2.30. The van der Waals surface area contributed by atoms with E-state index in [9.17, 15) is 4.79 Å². The van der Waals surface area contributed by atoms with Gasteiger partial charge in [-0.1, -0.05) is 30.3 Å². The molecule has 1 fully saturated rings. The molecule has 3 rings (SSSR count). The summed E-state index contributed by atoms with van der Waals surface area (Å²) in [5, 5.41) is 7.61. The maximum Gasteiger partial charge on any atom is 0.276 e. The molecular formula is C16H16N4OS. The second-order valence-electron chi connectivity index (χ2n) is 4.99. The summed E-state index contributed by atoms with van der Waals surface area (Å²) in [6, 6.07) is 9.79. The Morgan fingerprint density at radius 1 is 1.32 bits per heavy atom. The van der Waals surface area contributed by atoms with Gasteiger partial charge in [0, 0.05) is 18.3 Å². The van der Waals surface area contributed by atoms with Crippen LogP contribution in [0.3, 0.4) is 0 Å². The van der Waals surface area contributed by atoms with Gasteiger partial charge in [0.25, 0.3) is 5.91 Å². The molecular weight excluding hydrogens is 296 g/mol. The highest BCUT2D eigenvalue weighted by atomic mass is 32.1. The van der Waals surface area contributed by atoms with Crippen LogP contribution < -0.4 is 5.32 Å². The Balaban J connectivity index is 1.79. The SMILES string of the molecule is CCn1cc(C=C2NC(=S)N(Cc3ccccc3)C2=O)cn1. The van der Waals surface area contributed by atoms with Crippen molar-refractivity contribution in [1.29, 1.82) is 0 Å². The number of rotatable bonds is 4. The van der Waals surface area contributed by atoms with Gasteiger partial charge in [0.1, 0.15) is 5.70 Å². The Morgan fingerprint density at radius 2 is 2.09 bits per heavy atom. The summed E-state index contributed by atoms with van der Waals surface area (Å²) < 4.78 is 1.81. The van der Waals surface area contributed by atoms with E-state index < -0.39 is 0 Å². The molecule has 1 aliphatic heterocycles. The number of nitrogens with one attached hydrogen (secondary N) is 1. The summed E-state index contributed by atoms with van der Waals surface area (Å²) in [5.41, 5.74) is 2.40. The average Bonchev–Trinajstić information content (AvgIpc) is 3.09. The minimum atomic E-state index is -0.113. The quantitative estimate of drug-likeness (QED) is 0.694. The minimum Gasteiger partial charge on any atom is -0.328 e. The number of hydrogen-bond acceptors (Lipinski definition) is 3. The number of carbonyl (C=O) groups excluding carboxylic acids is 1. The van der Waals surface area contributed by atoms with Crippen molar-refractivity contribution < 1.29 is 4.79 Å². The van der Waals surface area contributed by atoms with Crippen molar-refractivity contribution in [2.75, 3.05) is 0 Å². The molecule has 0 radical (unpaired) electrons. The van der Waals surface area contributed by atoms with Gasteiger partial charge in [-0.3, -0.25) is 14.4 Å². The molecule has 1 amide bonds. The van der Waals surface area contributed by atoms with Crippen LogP contribution in [-0.4, -0.2) is 25.7 Å². The Morgan fingerprint density at radius 3 is 2.77 bits per heavy atom. The molecule has 1 aliphatic rings. The lowest BCUT2D eigenvalue weighted by Crippen LogP contribution is -2.29. The smallest absolute Gasteiger partial charge is 0.276 e. The standard InChI is InChI=1S/C16H16N4OS/c1-2-19-10-13(9-17-19)8-14-15(21)20(16(22)18-14)11-12-6-4-3-5-7-12/h3-10H,2,11H2,1H3,(H,18,22). The van der Waals surface area contributed by atoms with E-state index in [1.807, 2.05) is 48.1 Å². The molecule has 0 saturated carbocycles. The molecule has 1 saturated heterocycles. The van der Waals surface area contributed by atoms with Crippen LogP contribution >= 0.6 is 12.2 Å². The van der Waals surface area contributed by atoms with Crippen LogP contribution in [0.15, 0.2) is 48.4 Å². The number of aromatic nitrogens is 2. The van der Waals surface area contributed by atoms with E-state index in [0.717, 1.165) is 17.7 Å². The number of amides is 1. The Labute approximate surface area is 134 Å². The number of nitrogens with zero attached hydrogens (tertiary/aromatic N) is 3. The zero-order valence-electron chi connectivity index (χ0n) is 12.2. The molecule has 1 aromatic heterocycles. The molecule has 1 N–H and O–H groups in total. The molecule has 0 atom stereocenters. The third-order valence-corrected chi connectivity index (χ3v) is 3.76. The van der Waals surface area contributed by atoms with E-state index in [4.69, 9.17) is 12.2 Å². The van der Waals surface area contributed by atoms with Gasteiger partial charge in [-0.15, -0.1) is 0 Å². The van der Waals surface area contributed by atoms with Crippen molar-refractivity contribution in [1.82, 2.24) is 20.0 Å². The number of benzene rings is 1. The fourth-order valence-corrected chi connectivity index (χ4v) is 2.53. The van der Waals surface area contributed by atoms with Gasteiger partial charge >= 0.3 is 0 Å². The maximum absolute atomic E-state index is 12.5. The fourth-order valence-electron chi connectivity index (χ4n) is 2.27. The van der Waals surface area contributed by atoms with E-state index in [2.05, 4.69) is 10.4 Å². The zero-order chi connectivity index (χ0) is 15.5. The molecule has 0 unspecified atom stereocenters. The monoisotopic (exact) mass is 312 g/mol. The van der Waals surface area contributed by atoms with Crippen molar-refractivity contribution in [2.24, 2.45) is 0 Å². The van der Waals surface area contributed by atoms with Gasteiger partial charge < -0.3 is 5.32 Å². The third kappa shape index (κ3) is 2.92. The topological polar surface area (TPSA) is 50.2 Å². The third-order valence-electron chi connectivity index (χ3n) is 3.43. The van der Waals surface area contributed by atoms with Crippen LogP contribution in [-0.2, 0) is 17.9 Å². The molecule has 1 aromatic carbocycles. The van der Waals surface area contributed by atoms with Gasteiger partial charge in [0.05, 0.1) is 12.7 Å². The first kappa shape index (κ1) is 14.5. The van der Waals surface area contributed by atoms with Gasteiger partial charge in [0.15, 0.2) is 5.11 Å². The highest BCUT2D eigenvalue weighted by molar-refractivity contribution is 7.80. The largest absolute Gasteiger partial charge is 0.328 e. The van der Waals surface area contributed by atoms with Gasteiger partial charge in [-0.2, -0.15) is 5.10 Å². The van der Waals surface area contributed by atoms with E-state index in [1.165, 1.54) is 0 Å². The second-order valence-corrected chi connectivity index (χ2v) is 5.38. The Kier molecular flexibility index (Phi) is 4.02. The molecule has 0 spiro atoms. The second kappa shape index (κ2) is 6.11. The normalized spacial score (nSPS) is 16.4. The molecule has 2 heterocycles. The summed E-state index contributed by atoms with van der Waals surface area (Å²) in [5.74, 6) is -0.113. The van der Waals surface area contributed by atoms with Gasteiger partial charge in [-0.05, 0) is 30.8 Å². The van der Waals surface area contributed by atoms with Crippen molar-refractivity contribution >= 4 is 29.3 Å². The van der Waals surface area contributed by atoms with Crippen LogP contribution in [0.1, 0.15) is 18.1 Å². The van der Waals surface area contributed by atoms with Crippen molar-refractivity contribution in [3.05, 3.63) is 59.5 Å². The number of thiocarbonyl (C=S) groups is 1. The molecule has 22 heavy (non-hydrogen) atoms. The summed E-state index contributed by atoms with van der Waals surface area (Å²) >= 11 is 5.27. The number of hydrogen-bond donors (Lipinski definition) is 1. The molecule has 5 nitrogen and oxygen atoms in total. The summed E-state index contributed by atoms with van der Waals surface area (Å²) in [4.78, 5) is 14.1. The molecule has 2 aromatic rings. The highest BCUT2D eigenvalue weighted by Crippen LogP contribution is 2.16. The van der Waals surface area contributed by atoms with Crippen molar-refractivity contribution in [3.63, 3.8) is 0 Å². The summed E-state index contributed by atoms with van der Waals surface area (Å²) in [6.45, 7) is 3.28. The predicted molar refractivity (Wildman–Crippen MR) is 88.6 cm³/mol. The van der Waals surface area contributed by atoms with Crippen molar-refractivity contribution in [2.45, 2.75) is 20.0 Å². The molecule has 112 valence electrons. The number of carbonyl (C=O) groups is 1. The van der Waals surface area contributed by atoms with Crippen LogP contribution in [0.25, 0.3) is 6.08 Å². The molecule has 0 aliphatic carbocycles. The van der Waals surface area contributed by atoms with Crippen LogP contribution in [0.2, 0.25) is 0 Å². The van der Waals surface area contributed by atoms with Gasteiger partial charge in [-0.25, -0.2) is 0 Å². The molecule has 6 heteroatoms. The van der Waals surface area contributed by atoms with Crippen LogP contribution in [0, 0.1) is 0 Å². The van der Waals surface area contributed by atoms with E-state index in [1.54, 1.807) is 17.2 Å². The van der Waals surface area contributed by atoms with Crippen molar-refractivity contribution in [3.8, 4) is 0 Å². The van der Waals surface area contributed by atoms with E-state index >= 15 is 0 Å². The summed E-state index contributed by atoms with van der Waals surface area (Å²) in [7, 11) is 0. The maximum atomic E-state index is 12.5. The number of aryl methyl sites for hydroxylation is 1. The average molecular weight is 312 g/mol. The molecule has 0 bridgehead atoms. The van der Waals surface area contributed by atoms with Gasteiger partial charge in [0.2, 0.25) is 0 Å². The van der Waals surface area contributed by atoms with Crippen LogP contribution in [0.4, 0.5) is 0 Å². The Hall–Kier alpha value is -2.47. The lowest BCUT2D eigenvalue weighted by Gasteiger charge is -2.13. The van der Waals surface area contributed by atoms with E-state index in [0.29, 0.717) is 17.4 Å². The predicted octanol–water partition coefficient (Wildman–Crippen LogP) is 2.16. The lowest BCUT2D eigenvalue weighted by atomic mass is 10.2.